The number of pyridine rings is 1. The maximum absolute atomic E-state index is 6.18. The highest BCUT2D eigenvalue weighted by molar-refractivity contribution is 5.91. The van der Waals surface area contributed by atoms with Gasteiger partial charge in [0, 0.05) is 11.6 Å². The summed E-state index contributed by atoms with van der Waals surface area (Å²) in [6, 6.07) is 9.47. The number of aromatic nitrogens is 3. The maximum Gasteiger partial charge on any atom is 0.258 e. The zero-order chi connectivity index (χ0) is 15.0. The predicted molar refractivity (Wildman–Crippen MR) is 81.4 cm³/mol. The van der Waals surface area contributed by atoms with Gasteiger partial charge >= 0.3 is 0 Å². The maximum atomic E-state index is 6.18. The molecule has 2 aromatic heterocycles. The minimum Gasteiger partial charge on any atom is -0.334 e. The lowest BCUT2D eigenvalue weighted by molar-refractivity contribution is 0.303. The molecule has 0 saturated carbocycles. The summed E-state index contributed by atoms with van der Waals surface area (Å²) in [6.07, 6.45) is 1.74. The smallest absolute Gasteiger partial charge is 0.258 e. The largest absolute Gasteiger partial charge is 0.334 e. The van der Waals surface area contributed by atoms with Crippen LogP contribution in [0.3, 0.4) is 0 Å². The average Bonchev–Trinajstić information content (AvgIpc) is 2.94. The van der Waals surface area contributed by atoms with E-state index in [9.17, 15) is 0 Å². The van der Waals surface area contributed by atoms with Crippen LogP contribution < -0.4 is 5.73 Å². The van der Waals surface area contributed by atoms with Crippen molar-refractivity contribution in [2.24, 2.45) is 11.1 Å². The van der Waals surface area contributed by atoms with Crippen molar-refractivity contribution in [3.05, 3.63) is 42.4 Å². The van der Waals surface area contributed by atoms with Crippen LogP contribution in [0.5, 0.6) is 0 Å². The molecule has 0 saturated heterocycles. The summed E-state index contributed by atoms with van der Waals surface area (Å²) in [5.41, 5.74) is 7.83. The van der Waals surface area contributed by atoms with Gasteiger partial charge in [-0.2, -0.15) is 4.98 Å². The van der Waals surface area contributed by atoms with Gasteiger partial charge in [0.25, 0.3) is 5.89 Å². The van der Waals surface area contributed by atoms with Crippen LogP contribution in [0.15, 0.2) is 41.1 Å². The van der Waals surface area contributed by atoms with E-state index in [4.69, 9.17) is 10.3 Å². The fraction of sp³-hybridized carbons (Fsp3) is 0.312. The Kier molecular flexibility index (Phi) is 3.22. The van der Waals surface area contributed by atoms with E-state index in [2.05, 4.69) is 35.9 Å². The van der Waals surface area contributed by atoms with E-state index < -0.39 is 0 Å². The third kappa shape index (κ3) is 2.52. The summed E-state index contributed by atoms with van der Waals surface area (Å²) >= 11 is 0. The van der Waals surface area contributed by atoms with Crippen molar-refractivity contribution in [1.82, 2.24) is 15.1 Å². The Bertz CT molecular complexity index is 768. The summed E-state index contributed by atoms with van der Waals surface area (Å²) in [4.78, 5) is 8.80. The second-order valence-electron chi connectivity index (χ2n) is 6.18. The van der Waals surface area contributed by atoms with Gasteiger partial charge in [0.05, 0.1) is 17.1 Å². The normalized spacial score (nSPS) is 13.5. The minimum absolute atomic E-state index is 0.124. The fourth-order valence-electron chi connectivity index (χ4n) is 2.14. The fourth-order valence-corrected chi connectivity index (χ4v) is 2.14. The molecule has 0 amide bonds. The Morgan fingerprint density at radius 1 is 1.14 bits per heavy atom. The highest BCUT2D eigenvalue weighted by Gasteiger charge is 2.27. The summed E-state index contributed by atoms with van der Waals surface area (Å²) in [5, 5.41) is 5.02. The van der Waals surface area contributed by atoms with Gasteiger partial charge in [-0.1, -0.05) is 44.1 Å². The van der Waals surface area contributed by atoms with Crippen molar-refractivity contribution < 1.29 is 4.52 Å². The van der Waals surface area contributed by atoms with E-state index in [1.165, 1.54) is 0 Å². The van der Waals surface area contributed by atoms with Gasteiger partial charge in [-0.25, -0.2) is 0 Å². The molecule has 2 N–H and O–H groups in total. The van der Waals surface area contributed by atoms with Gasteiger partial charge in [0.2, 0.25) is 0 Å². The third-order valence-corrected chi connectivity index (χ3v) is 3.53. The molecular weight excluding hydrogens is 264 g/mol. The molecule has 3 rings (SSSR count). The van der Waals surface area contributed by atoms with E-state index in [1.54, 1.807) is 6.20 Å². The van der Waals surface area contributed by atoms with Crippen molar-refractivity contribution in [2.45, 2.75) is 26.8 Å². The molecule has 3 aromatic rings. The highest BCUT2D eigenvalue weighted by atomic mass is 16.5. The number of benzene rings is 1. The molecule has 0 fully saturated rings. The van der Waals surface area contributed by atoms with E-state index in [1.807, 2.05) is 30.3 Å². The zero-order valence-corrected chi connectivity index (χ0v) is 12.4. The number of rotatable bonds is 2. The van der Waals surface area contributed by atoms with Gasteiger partial charge in [0.15, 0.2) is 5.82 Å². The monoisotopic (exact) mass is 282 g/mol. The first-order valence-corrected chi connectivity index (χ1v) is 6.90. The molecule has 0 radical (unpaired) electrons. The lowest BCUT2D eigenvalue weighted by Gasteiger charge is -2.23. The lowest BCUT2D eigenvalue weighted by Crippen LogP contribution is -2.27. The number of nitrogens with zero attached hydrogens (tertiary/aromatic N) is 3. The first kappa shape index (κ1) is 13.7. The summed E-state index contributed by atoms with van der Waals surface area (Å²) in [5.74, 6) is 1.00. The van der Waals surface area contributed by atoms with Crippen molar-refractivity contribution in [2.75, 3.05) is 0 Å². The van der Waals surface area contributed by atoms with Crippen molar-refractivity contribution in [3.63, 3.8) is 0 Å². The number of para-hydroxylation sites is 1. The van der Waals surface area contributed by atoms with Crippen LogP contribution in [-0.4, -0.2) is 15.1 Å². The molecule has 0 aliphatic carbocycles. The molecule has 0 spiro atoms. The Morgan fingerprint density at radius 3 is 2.67 bits per heavy atom. The molecule has 0 bridgehead atoms. The van der Waals surface area contributed by atoms with Gasteiger partial charge < -0.3 is 10.3 Å². The first-order chi connectivity index (χ1) is 9.97. The molecule has 0 aliphatic rings. The molecule has 108 valence electrons. The minimum atomic E-state index is -0.275. The molecule has 21 heavy (non-hydrogen) atoms. The average molecular weight is 282 g/mol. The topological polar surface area (TPSA) is 77.8 Å². The molecule has 1 aromatic carbocycles. The second kappa shape index (κ2) is 4.93. The van der Waals surface area contributed by atoms with Crippen molar-refractivity contribution >= 4 is 10.9 Å². The van der Waals surface area contributed by atoms with Crippen LogP contribution in [0.25, 0.3) is 22.4 Å². The molecule has 1 atom stereocenters. The lowest BCUT2D eigenvalue weighted by atomic mass is 9.87. The van der Waals surface area contributed by atoms with E-state index in [-0.39, 0.29) is 11.5 Å². The predicted octanol–water partition coefficient (Wildman–Crippen LogP) is 3.33. The summed E-state index contributed by atoms with van der Waals surface area (Å²) < 4.78 is 5.41. The van der Waals surface area contributed by atoms with Crippen LogP contribution in [0, 0.1) is 5.41 Å². The van der Waals surface area contributed by atoms with Gasteiger partial charge in [0.1, 0.15) is 0 Å². The number of fused-ring (bicyclic) bond motifs is 1. The molecular formula is C16H18N4O. The van der Waals surface area contributed by atoms with Crippen LogP contribution >= 0.6 is 0 Å². The van der Waals surface area contributed by atoms with Crippen LogP contribution in [-0.2, 0) is 0 Å². The van der Waals surface area contributed by atoms with E-state index in [0.29, 0.717) is 11.7 Å². The van der Waals surface area contributed by atoms with Crippen molar-refractivity contribution in [3.8, 4) is 11.5 Å². The highest BCUT2D eigenvalue weighted by Crippen LogP contribution is 2.31. The Balaban J connectivity index is 2.07. The van der Waals surface area contributed by atoms with Gasteiger partial charge in [-0.05, 0) is 17.5 Å². The first-order valence-electron chi connectivity index (χ1n) is 6.90. The van der Waals surface area contributed by atoms with Gasteiger partial charge in [-0.15, -0.1) is 0 Å². The Morgan fingerprint density at radius 2 is 1.90 bits per heavy atom. The molecule has 0 aliphatic heterocycles. The summed E-state index contributed by atoms with van der Waals surface area (Å²) in [6.45, 7) is 6.15. The van der Waals surface area contributed by atoms with Gasteiger partial charge in [-0.3, -0.25) is 4.98 Å². The van der Waals surface area contributed by atoms with Crippen LogP contribution in [0.4, 0.5) is 0 Å². The number of nitrogens with two attached hydrogens (primary N) is 1. The Labute approximate surface area is 123 Å². The molecule has 2 heterocycles. The SMILES string of the molecule is CC(C)(C)C(N)c1noc(-c2ccnc3ccccc23)n1. The van der Waals surface area contributed by atoms with E-state index >= 15 is 0 Å². The van der Waals surface area contributed by atoms with Crippen molar-refractivity contribution in [1.29, 1.82) is 0 Å². The molecule has 1 unspecified atom stereocenters. The summed E-state index contributed by atoms with van der Waals surface area (Å²) in [7, 11) is 0. The molecule has 5 nitrogen and oxygen atoms in total. The number of hydrogen-bond donors (Lipinski definition) is 1. The zero-order valence-electron chi connectivity index (χ0n) is 12.4. The Hall–Kier alpha value is -2.27. The second-order valence-corrected chi connectivity index (χ2v) is 6.18. The molecule has 5 heteroatoms. The van der Waals surface area contributed by atoms with Crippen LogP contribution in [0.1, 0.15) is 32.6 Å². The quantitative estimate of drug-likeness (QED) is 0.780. The van der Waals surface area contributed by atoms with Crippen LogP contribution in [0.2, 0.25) is 0 Å². The third-order valence-electron chi connectivity index (χ3n) is 3.53. The standard InChI is InChI=1S/C16H18N4O/c1-16(2,3)13(17)14-19-15(21-20-14)11-8-9-18-12-7-5-4-6-10(11)12/h4-9,13H,17H2,1-3H3. The van der Waals surface area contributed by atoms with E-state index in [0.717, 1.165) is 16.5 Å². The number of hydrogen-bond acceptors (Lipinski definition) is 5.